The van der Waals surface area contributed by atoms with Crippen molar-refractivity contribution in [3.8, 4) is 0 Å². The normalized spacial score (nSPS) is 16.4. The molecule has 0 spiro atoms. The molecule has 124 valence electrons. The number of nitrogens with zero attached hydrogens (tertiary/aromatic N) is 2. The first-order valence-corrected chi connectivity index (χ1v) is 8.23. The van der Waals surface area contributed by atoms with Crippen LogP contribution in [-0.4, -0.2) is 12.8 Å². The molecule has 1 aliphatic heterocycles. The van der Waals surface area contributed by atoms with Gasteiger partial charge in [-0.2, -0.15) is 5.10 Å². The van der Waals surface area contributed by atoms with E-state index in [0.717, 1.165) is 35.7 Å². The molecule has 0 amide bonds. The van der Waals surface area contributed by atoms with Gasteiger partial charge in [0.15, 0.2) is 0 Å². The first-order valence-electron chi connectivity index (χ1n) is 8.23. The number of hydrazone groups is 1. The van der Waals surface area contributed by atoms with Gasteiger partial charge in [-0.25, -0.2) is 0 Å². The second-order valence-electron chi connectivity index (χ2n) is 6.49. The Morgan fingerprint density at radius 1 is 1.29 bits per heavy atom. The standard InChI is InChI=1S/C20H24N4/c1-14-4-6-17(7-5-14)10-16(3)23-18-8-9-20(19(21)11-18)24-13-15(2)12-22-24/h4-9,11-12,15,23H,3,10,13,21H2,1-2H3. The van der Waals surface area contributed by atoms with Crippen molar-refractivity contribution in [3.63, 3.8) is 0 Å². The van der Waals surface area contributed by atoms with Gasteiger partial charge in [-0.05, 0) is 30.7 Å². The predicted octanol–water partition coefficient (Wildman–Crippen LogP) is 4.19. The van der Waals surface area contributed by atoms with Gasteiger partial charge in [-0.1, -0.05) is 43.3 Å². The van der Waals surface area contributed by atoms with Gasteiger partial charge in [-0.15, -0.1) is 0 Å². The van der Waals surface area contributed by atoms with Crippen molar-refractivity contribution in [1.82, 2.24) is 0 Å². The van der Waals surface area contributed by atoms with E-state index in [1.807, 2.05) is 29.4 Å². The Morgan fingerprint density at radius 3 is 2.67 bits per heavy atom. The van der Waals surface area contributed by atoms with Gasteiger partial charge in [0, 0.05) is 36.5 Å². The van der Waals surface area contributed by atoms with E-state index in [0.29, 0.717) is 5.92 Å². The summed E-state index contributed by atoms with van der Waals surface area (Å²) >= 11 is 0. The molecule has 0 saturated carbocycles. The number of nitrogens with two attached hydrogens (primary N) is 1. The number of aryl methyl sites for hydroxylation is 1. The van der Waals surface area contributed by atoms with Gasteiger partial charge in [-0.3, -0.25) is 5.01 Å². The Labute approximate surface area is 143 Å². The van der Waals surface area contributed by atoms with Crippen LogP contribution in [0.3, 0.4) is 0 Å². The minimum Gasteiger partial charge on any atom is -0.397 e. The number of hydrogen-bond donors (Lipinski definition) is 2. The molecule has 0 saturated heterocycles. The lowest BCUT2D eigenvalue weighted by atomic mass is 10.1. The monoisotopic (exact) mass is 320 g/mol. The summed E-state index contributed by atoms with van der Waals surface area (Å²) in [5, 5.41) is 9.68. The van der Waals surface area contributed by atoms with E-state index in [1.54, 1.807) is 0 Å². The summed E-state index contributed by atoms with van der Waals surface area (Å²) in [4.78, 5) is 0. The van der Waals surface area contributed by atoms with Crippen molar-refractivity contribution < 1.29 is 0 Å². The number of allylic oxidation sites excluding steroid dienone is 1. The largest absolute Gasteiger partial charge is 0.397 e. The first kappa shape index (κ1) is 16.1. The Morgan fingerprint density at radius 2 is 2.04 bits per heavy atom. The Hall–Kier alpha value is -2.75. The zero-order chi connectivity index (χ0) is 17.1. The molecule has 2 aromatic carbocycles. The lowest BCUT2D eigenvalue weighted by Gasteiger charge is -2.18. The van der Waals surface area contributed by atoms with E-state index in [2.05, 4.69) is 55.1 Å². The van der Waals surface area contributed by atoms with Crippen molar-refractivity contribution in [2.45, 2.75) is 20.3 Å². The molecule has 3 rings (SSSR count). The Kier molecular flexibility index (Phi) is 4.56. The van der Waals surface area contributed by atoms with Gasteiger partial charge in [0.1, 0.15) is 0 Å². The van der Waals surface area contributed by atoms with Crippen LogP contribution in [0.4, 0.5) is 17.1 Å². The number of anilines is 3. The van der Waals surface area contributed by atoms with Crippen LogP contribution in [0, 0.1) is 12.8 Å². The SMILES string of the molecule is C=C(Cc1ccc(C)cc1)Nc1ccc(N2CC(C)C=N2)c(N)c1. The van der Waals surface area contributed by atoms with E-state index in [1.165, 1.54) is 11.1 Å². The van der Waals surface area contributed by atoms with Crippen molar-refractivity contribution in [2.75, 3.05) is 22.6 Å². The molecular formula is C20H24N4. The molecule has 1 aliphatic rings. The summed E-state index contributed by atoms with van der Waals surface area (Å²) in [5.74, 6) is 0.455. The molecule has 1 atom stereocenters. The maximum absolute atomic E-state index is 6.21. The van der Waals surface area contributed by atoms with Crippen molar-refractivity contribution >= 4 is 23.3 Å². The molecule has 1 heterocycles. The van der Waals surface area contributed by atoms with Crippen molar-refractivity contribution in [1.29, 1.82) is 0 Å². The maximum Gasteiger partial charge on any atom is 0.0824 e. The van der Waals surface area contributed by atoms with Gasteiger partial charge in [0.2, 0.25) is 0 Å². The van der Waals surface area contributed by atoms with Gasteiger partial charge >= 0.3 is 0 Å². The summed E-state index contributed by atoms with van der Waals surface area (Å²) in [5.41, 5.74) is 12.3. The molecule has 0 bridgehead atoms. The van der Waals surface area contributed by atoms with Crippen LogP contribution >= 0.6 is 0 Å². The summed E-state index contributed by atoms with van der Waals surface area (Å²) in [6.07, 6.45) is 2.74. The third-order valence-corrected chi connectivity index (χ3v) is 4.09. The minimum atomic E-state index is 0.455. The predicted molar refractivity (Wildman–Crippen MR) is 104 cm³/mol. The maximum atomic E-state index is 6.21. The fraction of sp³-hybridized carbons (Fsp3) is 0.250. The minimum absolute atomic E-state index is 0.455. The highest BCUT2D eigenvalue weighted by Gasteiger charge is 2.17. The van der Waals surface area contributed by atoms with Crippen LogP contribution in [0.5, 0.6) is 0 Å². The highest BCUT2D eigenvalue weighted by atomic mass is 15.5. The highest BCUT2D eigenvalue weighted by molar-refractivity contribution is 5.76. The van der Waals surface area contributed by atoms with Gasteiger partial charge < -0.3 is 11.1 Å². The second-order valence-corrected chi connectivity index (χ2v) is 6.49. The van der Waals surface area contributed by atoms with E-state index in [9.17, 15) is 0 Å². The molecule has 0 aliphatic carbocycles. The fourth-order valence-corrected chi connectivity index (χ4v) is 2.79. The smallest absolute Gasteiger partial charge is 0.0824 e. The Bertz CT molecular complexity index is 762. The van der Waals surface area contributed by atoms with E-state index in [4.69, 9.17) is 5.73 Å². The molecule has 2 aromatic rings. The highest BCUT2D eigenvalue weighted by Crippen LogP contribution is 2.29. The van der Waals surface area contributed by atoms with Crippen LogP contribution in [0.2, 0.25) is 0 Å². The molecule has 0 aromatic heterocycles. The molecule has 3 N–H and O–H groups in total. The number of nitrogen functional groups attached to an aromatic ring is 1. The molecule has 1 unspecified atom stereocenters. The Balaban J connectivity index is 1.65. The average molecular weight is 320 g/mol. The van der Waals surface area contributed by atoms with Gasteiger partial charge in [0.25, 0.3) is 0 Å². The van der Waals surface area contributed by atoms with Crippen molar-refractivity contribution in [2.24, 2.45) is 11.0 Å². The molecular weight excluding hydrogens is 296 g/mol. The van der Waals surface area contributed by atoms with E-state index in [-0.39, 0.29) is 0 Å². The molecule has 24 heavy (non-hydrogen) atoms. The summed E-state index contributed by atoms with van der Waals surface area (Å²) in [7, 11) is 0. The first-order chi connectivity index (χ1) is 11.5. The molecule has 4 nitrogen and oxygen atoms in total. The van der Waals surface area contributed by atoms with E-state index >= 15 is 0 Å². The molecule has 4 heteroatoms. The third kappa shape index (κ3) is 3.77. The summed E-state index contributed by atoms with van der Waals surface area (Å²) < 4.78 is 0. The number of rotatable bonds is 5. The summed E-state index contributed by atoms with van der Waals surface area (Å²) in [6, 6.07) is 14.5. The van der Waals surface area contributed by atoms with Crippen LogP contribution < -0.4 is 16.1 Å². The summed E-state index contributed by atoms with van der Waals surface area (Å²) in [6.45, 7) is 9.23. The van der Waals surface area contributed by atoms with Crippen LogP contribution in [0.1, 0.15) is 18.1 Å². The van der Waals surface area contributed by atoms with E-state index < -0.39 is 0 Å². The molecule has 0 fully saturated rings. The quantitative estimate of drug-likeness (QED) is 0.812. The third-order valence-electron chi connectivity index (χ3n) is 4.09. The zero-order valence-corrected chi connectivity index (χ0v) is 14.3. The lowest BCUT2D eigenvalue weighted by Crippen LogP contribution is -2.17. The van der Waals surface area contributed by atoms with Crippen LogP contribution in [0.25, 0.3) is 0 Å². The van der Waals surface area contributed by atoms with Crippen molar-refractivity contribution in [3.05, 3.63) is 65.9 Å². The fourth-order valence-electron chi connectivity index (χ4n) is 2.79. The number of hydrogen-bond acceptors (Lipinski definition) is 4. The number of benzene rings is 2. The molecule has 0 radical (unpaired) electrons. The average Bonchev–Trinajstić information content (AvgIpc) is 2.96. The zero-order valence-electron chi connectivity index (χ0n) is 14.3. The van der Waals surface area contributed by atoms with Crippen LogP contribution in [-0.2, 0) is 6.42 Å². The second kappa shape index (κ2) is 6.79. The lowest BCUT2D eigenvalue weighted by molar-refractivity contribution is 0.782. The number of nitrogens with one attached hydrogen (secondary N) is 1. The topological polar surface area (TPSA) is 53.6 Å². The van der Waals surface area contributed by atoms with Gasteiger partial charge in [0.05, 0.1) is 11.4 Å². The van der Waals surface area contributed by atoms with Crippen LogP contribution in [0.15, 0.2) is 59.8 Å².